The van der Waals surface area contributed by atoms with Crippen LogP contribution in [0.3, 0.4) is 0 Å². The molecule has 2 aromatic carbocycles. The van der Waals surface area contributed by atoms with E-state index in [0.717, 1.165) is 10.2 Å². The molecule has 0 aliphatic carbocycles. The molecule has 0 aliphatic heterocycles. The van der Waals surface area contributed by atoms with Gasteiger partial charge in [0.2, 0.25) is 0 Å². The maximum atomic E-state index is 3.56. The third-order valence-corrected chi connectivity index (χ3v) is 3.97. The summed E-state index contributed by atoms with van der Waals surface area (Å²) in [6.07, 6.45) is 0. The van der Waals surface area contributed by atoms with Crippen molar-refractivity contribution in [3.8, 4) is 0 Å². The van der Waals surface area contributed by atoms with Gasteiger partial charge in [-0.15, -0.1) is 0 Å². The molecule has 2 aromatic rings. The fourth-order valence-electron chi connectivity index (χ4n) is 2.27. The predicted octanol–water partition coefficient (Wildman–Crippen LogP) is 5.00. The fourth-order valence-corrected chi connectivity index (χ4v) is 2.53. The lowest BCUT2D eigenvalue weighted by Crippen LogP contribution is -2.12. The molecule has 20 heavy (non-hydrogen) atoms. The lowest BCUT2D eigenvalue weighted by atomic mass is 10.1. The van der Waals surface area contributed by atoms with Gasteiger partial charge >= 0.3 is 0 Å². The van der Waals surface area contributed by atoms with E-state index >= 15 is 0 Å². The Kier molecular flexibility index (Phi) is 4.71. The standard InChI is InChI=1S/C17H21BrN2/c1-12-5-10-16(11-17(12)20(3)4)19-13(2)14-6-8-15(18)9-7-14/h5-11,13,19H,1-4H3. The second-order valence-electron chi connectivity index (χ2n) is 5.31. The topological polar surface area (TPSA) is 15.3 Å². The average molecular weight is 333 g/mol. The molecule has 0 heterocycles. The summed E-state index contributed by atoms with van der Waals surface area (Å²) >= 11 is 3.47. The summed E-state index contributed by atoms with van der Waals surface area (Å²) in [5.74, 6) is 0. The summed E-state index contributed by atoms with van der Waals surface area (Å²) in [4.78, 5) is 2.14. The van der Waals surface area contributed by atoms with Crippen LogP contribution in [-0.2, 0) is 0 Å². The zero-order valence-corrected chi connectivity index (χ0v) is 14.0. The summed E-state index contributed by atoms with van der Waals surface area (Å²) < 4.78 is 1.11. The van der Waals surface area contributed by atoms with Crippen molar-refractivity contribution in [2.24, 2.45) is 0 Å². The van der Waals surface area contributed by atoms with Gasteiger partial charge in [-0.25, -0.2) is 0 Å². The van der Waals surface area contributed by atoms with Gasteiger partial charge in [0.25, 0.3) is 0 Å². The fraction of sp³-hybridized carbons (Fsp3) is 0.294. The molecule has 0 bridgehead atoms. The van der Waals surface area contributed by atoms with Crippen molar-refractivity contribution in [2.45, 2.75) is 19.9 Å². The van der Waals surface area contributed by atoms with Crippen molar-refractivity contribution in [1.82, 2.24) is 0 Å². The molecule has 0 aliphatic rings. The van der Waals surface area contributed by atoms with Gasteiger partial charge in [-0.05, 0) is 49.2 Å². The zero-order valence-electron chi connectivity index (χ0n) is 12.4. The minimum absolute atomic E-state index is 0.279. The van der Waals surface area contributed by atoms with Crippen LogP contribution in [0, 0.1) is 6.92 Å². The van der Waals surface area contributed by atoms with E-state index in [1.54, 1.807) is 0 Å². The van der Waals surface area contributed by atoms with Gasteiger partial charge in [0, 0.05) is 36.0 Å². The molecule has 1 N–H and O–H groups in total. The van der Waals surface area contributed by atoms with Crippen molar-refractivity contribution in [3.05, 3.63) is 58.1 Å². The first kappa shape index (κ1) is 14.9. The normalized spacial score (nSPS) is 12.1. The molecule has 1 unspecified atom stereocenters. The van der Waals surface area contributed by atoms with E-state index in [1.165, 1.54) is 16.8 Å². The van der Waals surface area contributed by atoms with Crippen LogP contribution in [0.5, 0.6) is 0 Å². The SMILES string of the molecule is Cc1ccc(NC(C)c2ccc(Br)cc2)cc1N(C)C. The highest BCUT2D eigenvalue weighted by Gasteiger charge is 2.07. The molecule has 106 valence electrons. The van der Waals surface area contributed by atoms with Gasteiger partial charge in [-0.1, -0.05) is 34.1 Å². The Morgan fingerprint density at radius 3 is 2.30 bits per heavy atom. The number of halogens is 1. The van der Waals surface area contributed by atoms with Crippen LogP contribution in [0.1, 0.15) is 24.1 Å². The maximum absolute atomic E-state index is 3.56. The molecule has 0 spiro atoms. The Morgan fingerprint density at radius 1 is 1.05 bits per heavy atom. The van der Waals surface area contributed by atoms with E-state index in [4.69, 9.17) is 0 Å². The second kappa shape index (κ2) is 6.31. The first-order chi connectivity index (χ1) is 9.47. The van der Waals surface area contributed by atoms with Gasteiger partial charge in [0.1, 0.15) is 0 Å². The molecule has 2 nitrogen and oxygen atoms in total. The van der Waals surface area contributed by atoms with E-state index < -0.39 is 0 Å². The highest BCUT2D eigenvalue weighted by atomic mass is 79.9. The largest absolute Gasteiger partial charge is 0.378 e. The maximum Gasteiger partial charge on any atom is 0.0485 e. The molecule has 2 rings (SSSR count). The highest BCUT2D eigenvalue weighted by Crippen LogP contribution is 2.26. The van der Waals surface area contributed by atoms with Crippen molar-refractivity contribution in [2.75, 3.05) is 24.3 Å². The Labute approximate surface area is 129 Å². The molecule has 0 radical (unpaired) electrons. The van der Waals surface area contributed by atoms with Crippen LogP contribution < -0.4 is 10.2 Å². The minimum Gasteiger partial charge on any atom is -0.378 e. The third kappa shape index (κ3) is 3.54. The summed E-state index contributed by atoms with van der Waals surface area (Å²) in [5, 5.41) is 3.56. The molecule has 0 saturated carbocycles. The number of rotatable bonds is 4. The number of nitrogens with one attached hydrogen (secondary N) is 1. The Bertz CT molecular complexity index is 576. The quantitative estimate of drug-likeness (QED) is 0.847. The van der Waals surface area contributed by atoms with Crippen molar-refractivity contribution < 1.29 is 0 Å². The van der Waals surface area contributed by atoms with Crippen LogP contribution in [0.2, 0.25) is 0 Å². The number of benzene rings is 2. The molecule has 0 fully saturated rings. The lowest BCUT2D eigenvalue weighted by molar-refractivity contribution is 0.884. The summed E-state index contributed by atoms with van der Waals surface area (Å²) in [6.45, 7) is 4.32. The molecular weight excluding hydrogens is 312 g/mol. The number of aryl methyl sites for hydroxylation is 1. The minimum atomic E-state index is 0.279. The molecule has 0 aromatic heterocycles. The third-order valence-electron chi connectivity index (χ3n) is 3.44. The van der Waals surface area contributed by atoms with Crippen LogP contribution in [0.25, 0.3) is 0 Å². The monoisotopic (exact) mass is 332 g/mol. The summed E-state index contributed by atoms with van der Waals surface area (Å²) in [5.41, 5.74) is 4.96. The molecule has 0 amide bonds. The van der Waals surface area contributed by atoms with E-state index in [-0.39, 0.29) is 6.04 Å². The van der Waals surface area contributed by atoms with Crippen LogP contribution in [0.15, 0.2) is 46.9 Å². The van der Waals surface area contributed by atoms with Crippen LogP contribution in [0.4, 0.5) is 11.4 Å². The van der Waals surface area contributed by atoms with Gasteiger partial charge < -0.3 is 10.2 Å². The smallest absolute Gasteiger partial charge is 0.0485 e. The van der Waals surface area contributed by atoms with E-state index in [1.807, 2.05) is 0 Å². The van der Waals surface area contributed by atoms with Gasteiger partial charge in [0.05, 0.1) is 0 Å². The van der Waals surface area contributed by atoms with Crippen molar-refractivity contribution in [1.29, 1.82) is 0 Å². The van der Waals surface area contributed by atoms with E-state index in [2.05, 4.69) is 96.6 Å². The van der Waals surface area contributed by atoms with Gasteiger partial charge in [-0.2, -0.15) is 0 Å². The predicted molar refractivity (Wildman–Crippen MR) is 91.7 cm³/mol. The van der Waals surface area contributed by atoms with E-state index in [0.29, 0.717) is 0 Å². The van der Waals surface area contributed by atoms with E-state index in [9.17, 15) is 0 Å². The number of hydrogen-bond acceptors (Lipinski definition) is 2. The molecule has 1 atom stereocenters. The Morgan fingerprint density at radius 2 is 1.70 bits per heavy atom. The highest BCUT2D eigenvalue weighted by molar-refractivity contribution is 9.10. The van der Waals surface area contributed by atoms with Gasteiger partial charge in [-0.3, -0.25) is 0 Å². The molecule has 3 heteroatoms. The first-order valence-corrected chi connectivity index (χ1v) is 7.56. The Balaban J connectivity index is 2.17. The zero-order chi connectivity index (χ0) is 14.7. The van der Waals surface area contributed by atoms with Crippen LogP contribution in [-0.4, -0.2) is 14.1 Å². The Hall–Kier alpha value is -1.48. The number of nitrogens with zero attached hydrogens (tertiary/aromatic N) is 1. The molecule has 0 saturated heterocycles. The van der Waals surface area contributed by atoms with Crippen LogP contribution >= 0.6 is 15.9 Å². The summed E-state index contributed by atoms with van der Waals surface area (Å²) in [6, 6.07) is 15.2. The molecular formula is C17H21BrN2. The second-order valence-corrected chi connectivity index (χ2v) is 6.23. The summed E-state index contributed by atoms with van der Waals surface area (Å²) in [7, 11) is 4.15. The van der Waals surface area contributed by atoms with Gasteiger partial charge in [0.15, 0.2) is 0 Å². The first-order valence-electron chi connectivity index (χ1n) is 6.77. The lowest BCUT2D eigenvalue weighted by Gasteiger charge is -2.20. The van der Waals surface area contributed by atoms with Crippen molar-refractivity contribution >= 4 is 27.3 Å². The average Bonchev–Trinajstić information content (AvgIpc) is 2.41. The number of hydrogen-bond donors (Lipinski definition) is 1. The number of anilines is 2. The van der Waals surface area contributed by atoms with Crippen molar-refractivity contribution in [3.63, 3.8) is 0 Å².